The van der Waals surface area contributed by atoms with Gasteiger partial charge >= 0.3 is 0 Å². The first kappa shape index (κ1) is 19.9. The van der Waals surface area contributed by atoms with Crippen molar-refractivity contribution in [2.24, 2.45) is 5.92 Å². The van der Waals surface area contributed by atoms with E-state index in [4.69, 9.17) is 9.47 Å². The average Bonchev–Trinajstić information content (AvgIpc) is 2.64. The fourth-order valence-corrected chi connectivity index (χ4v) is 3.47. The summed E-state index contributed by atoms with van der Waals surface area (Å²) in [6.45, 7) is 4.10. The van der Waals surface area contributed by atoms with Crippen LogP contribution in [0.4, 0.5) is 0 Å². The molecule has 0 atom stereocenters. The highest BCUT2D eigenvalue weighted by atomic mass is 35.5. The zero-order chi connectivity index (χ0) is 16.8. The second-order valence-electron chi connectivity index (χ2n) is 6.69. The number of aryl methyl sites for hydroxylation is 1. The smallest absolute Gasteiger partial charge is 0.222 e. The first-order valence-electron chi connectivity index (χ1n) is 9.07. The van der Waals surface area contributed by atoms with Crippen LogP contribution < -0.4 is 14.8 Å². The number of ether oxygens (including phenoxy) is 2. The molecule has 2 aliphatic rings. The molecule has 1 saturated heterocycles. The van der Waals surface area contributed by atoms with Crippen LogP contribution in [0.5, 0.6) is 11.5 Å². The Bertz CT molecular complexity index is 560. The van der Waals surface area contributed by atoms with Gasteiger partial charge in [-0.15, -0.1) is 12.4 Å². The molecule has 1 N–H and O–H groups in total. The molecule has 1 aromatic carbocycles. The predicted molar refractivity (Wildman–Crippen MR) is 101 cm³/mol. The van der Waals surface area contributed by atoms with Gasteiger partial charge in [-0.25, -0.2) is 0 Å². The van der Waals surface area contributed by atoms with E-state index in [1.165, 1.54) is 6.42 Å². The summed E-state index contributed by atoms with van der Waals surface area (Å²) in [5.74, 6) is 2.65. The van der Waals surface area contributed by atoms with E-state index < -0.39 is 0 Å². The summed E-state index contributed by atoms with van der Waals surface area (Å²) in [5.41, 5.74) is 1.14. The number of likely N-dealkylation sites (tertiary alicyclic amines) is 1. The molecular weight excluding hydrogens is 340 g/mol. The van der Waals surface area contributed by atoms with Gasteiger partial charge in [0.2, 0.25) is 5.91 Å². The number of carbonyl (C=O) groups is 1. The highest BCUT2D eigenvalue weighted by molar-refractivity contribution is 5.85. The molecule has 25 heavy (non-hydrogen) atoms. The van der Waals surface area contributed by atoms with E-state index in [9.17, 15) is 4.79 Å². The lowest BCUT2D eigenvalue weighted by Crippen LogP contribution is -2.39. The third-order valence-corrected chi connectivity index (χ3v) is 5.00. The quantitative estimate of drug-likeness (QED) is 0.838. The molecule has 140 valence electrons. The van der Waals surface area contributed by atoms with E-state index in [0.29, 0.717) is 19.6 Å². The van der Waals surface area contributed by atoms with Crippen LogP contribution in [0, 0.1) is 5.92 Å². The lowest BCUT2D eigenvalue weighted by Gasteiger charge is -2.32. The van der Waals surface area contributed by atoms with Crippen LogP contribution in [0.15, 0.2) is 18.2 Å². The fraction of sp³-hybridized carbons (Fsp3) is 0.632. The number of hydrogen-bond donors (Lipinski definition) is 1. The van der Waals surface area contributed by atoms with Crippen LogP contribution in [0.1, 0.15) is 31.2 Å². The maximum absolute atomic E-state index is 12.4. The summed E-state index contributed by atoms with van der Waals surface area (Å²) in [7, 11) is 2.00. The zero-order valence-electron chi connectivity index (χ0n) is 15.0. The van der Waals surface area contributed by atoms with Gasteiger partial charge in [-0.05, 0) is 62.9 Å². The first-order valence-corrected chi connectivity index (χ1v) is 9.07. The number of fused-ring (bicyclic) bond motifs is 1. The van der Waals surface area contributed by atoms with E-state index in [-0.39, 0.29) is 18.3 Å². The van der Waals surface area contributed by atoms with Crippen molar-refractivity contribution in [3.05, 3.63) is 23.8 Å². The SMILES string of the molecule is CNCCC1CCN(C(=O)CCc2ccc3c(c2)OCCO3)CC1.Cl. The lowest BCUT2D eigenvalue weighted by atomic mass is 9.93. The summed E-state index contributed by atoms with van der Waals surface area (Å²) in [4.78, 5) is 14.5. The fourth-order valence-electron chi connectivity index (χ4n) is 3.47. The van der Waals surface area contributed by atoms with Crippen LogP contribution in [-0.2, 0) is 11.2 Å². The summed E-state index contributed by atoms with van der Waals surface area (Å²) in [6, 6.07) is 5.98. The topological polar surface area (TPSA) is 50.8 Å². The maximum atomic E-state index is 12.4. The Labute approximate surface area is 156 Å². The number of nitrogens with zero attached hydrogens (tertiary/aromatic N) is 1. The van der Waals surface area contributed by atoms with E-state index in [0.717, 1.165) is 61.9 Å². The minimum absolute atomic E-state index is 0. The summed E-state index contributed by atoms with van der Waals surface area (Å²) < 4.78 is 11.1. The Balaban J connectivity index is 0.00000225. The molecular formula is C19H29ClN2O3. The molecule has 0 radical (unpaired) electrons. The largest absolute Gasteiger partial charge is 0.486 e. The van der Waals surface area contributed by atoms with E-state index in [2.05, 4.69) is 5.32 Å². The molecule has 0 aliphatic carbocycles. The third kappa shape index (κ3) is 5.51. The van der Waals surface area contributed by atoms with E-state index in [1.54, 1.807) is 0 Å². The van der Waals surface area contributed by atoms with Crippen LogP contribution in [0.25, 0.3) is 0 Å². The summed E-state index contributed by atoms with van der Waals surface area (Å²) >= 11 is 0. The van der Waals surface area contributed by atoms with Gasteiger partial charge < -0.3 is 19.7 Å². The van der Waals surface area contributed by atoms with Crippen LogP contribution in [-0.4, -0.2) is 50.7 Å². The maximum Gasteiger partial charge on any atom is 0.222 e. The Morgan fingerprint density at radius 2 is 1.92 bits per heavy atom. The highest BCUT2D eigenvalue weighted by Gasteiger charge is 2.22. The van der Waals surface area contributed by atoms with Gasteiger partial charge in [0.15, 0.2) is 11.5 Å². The van der Waals surface area contributed by atoms with Gasteiger partial charge in [0, 0.05) is 19.5 Å². The van der Waals surface area contributed by atoms with E-state index in [1.807, 2.05) is 30.1 Å². The predicted octanol–water partition coefficient (Wildman–Crippen LogP) is 2.66. The Morgan fingerprint density at radius 1 is 1.20 bits per heavy atom. The Kier molecular flexibility index (Phi) is 7.85. The minimum Gasteiger partial charge on any atom is -0.486 e. The van der Waals surface area contributed by atoms with Crippen molar-refractivity contribution in [2.75, 3.05) is 39.9 Å². The van der Waals surface area contributed by atoms with Gasteiger partial charge in [0.1, 0.15) is 13.2 Å². The molecule has 2 aliphatic heterocycles. The molecule has 5 nitrogen and oxygen atoms in total. The second kappa shape index (κ2) is 9.88. The Hall–Kier alpha value is -1.46. The van der Waals surface area contributed by atoms with Crippen LogP contribution >= 0.6 is 12.4 Å². The molecule has 6 heteroatoms. The first-order chi connectivity index (χ1) is 11.8. The summed E-state index contributed by atoms with van der Waals surface area (Å²) in [5, 5.41) is 3.21. The number of hydrogen-bond acceptors (Lipinski definition) is 4. The lowest BCUT2D eigenvalue weighted by molar-refractivity contribution is -0.132. The monoisotopic (exact) mass is 368 g/mol. The Morgan fingerprint density at radius 3 is 2.64 bits per heavy atom. The molecule has 0 saturated carbocycles. The average molecular weight is 369 g/mol. The molecule has 1 fully saturated rings. The van der Waals surface area contributed by atoms with Crippen LogP contribution in [0.2, 0.25) is 0 Å². The van der Waals surface area contributed by atoms with Gasteiger partial charge in [0.05, 0.1) is 0 Å². The van der Waals surface area contributed by atoms with Crippen molar-refractivity contribution in [3.63, 3.8) is 0 Å². The molecule has 0 unspecified atom stereocenters. The van der Waals surface area contributed by atoms with Gasteiger partial charge in [-0.2, -0.15) is 0 Å². The highest BCUT2D eigenvalue weighted by Crippen LogP contribution is 2.31. The summed E-state index contributed by atoms with van der Waals surface area (Å²) in [6.07, 6.45) is 4.82. The van der Waals surface area contributed by atoms with Gasteiger partial charge in [-0.1, -0.05) is 6.07 Å². The van der Waals surface area contributed by atoms with Crippen LogP contribution in [0.3, 0.4) is 0 Å². The standard InChI is InChI=1S/C19H28N2O3.ClH/c1-20-9-6-15-7-10-21(11-8-15)19(22)5-3-16-2-4-17-18(14-16)24-13-12-23-17;/h2,4,14-15,20H,3,5-13H2,1H3;1H. The van der Waals surface area contributed by atoms with Crippen molar-refractivity contribution in [1.82, 2.24) is 10.2 Å². The molecule has 0 spiro atoms. The molecule has 1 amide bonds. The number of amides is 1. The third-order valence-electron chi connectivity index (χ3n) is 5.00. The normalized spacial score (nSPS) is 17.1. The second-order valence-corrected chi connectivity index (χ2v) is 6.69. The number of halogens is 1. The van der Waals surface area contributed by atoms with Gasteiger partial charge in [-0.3, -0.25) is 4.79 Å². The zero-order valence-corrected chi connectivity index (χ0v) is 15.8. The van der Waals surface area contributed by atoms with Crippen molar-refractivity contribution in [2.45, 2.75) is 32.1 Å². The van der Waals surface area contributed by atoms with Gasteiger partial charge in [0.25, 0.3) is 0 Å². The molecule has 0 aromatic heterocycles. The number of nitrogens with one attached hydrogen (secondary N) is 1. The number of rotatable bonds is 6. The molecule has 0 bridgehead atoms. The van der Waals surface area contributed by atoms with Crippen molar-refractivity contribution in [1.29, 1.82) is 0 Å². The van der Waals surface area contributed by atoms with Crippen molar-refractivity contribution >= 4 is 18.3 Å². The van der Waals surface area contributed by atoms with Crippen molar-refractivity contribution in [3.8, 4) is 11.5 Å². The van der Waals surface area contributed by atoms with E-state index >= 15 is 0 Å². The van der Waals surface area contributed by atoms with Crippen molar-refractivity contribution < 1.29 is 14.3 Å². The molecule has 3 rings (SSSR count). The molecule has 2 heterocycles. The minimum atomic E-state index is 0. The number of benzene rings is 1. The molecule has 1 aromatic rings. The number of carbonyl (C=O) groups excluding carboxylic acids is 1. The number of piperidine rings is 1.